The zero-order valence-electron chi connectivity index (χ0n) is 24.3. The Hall–Kier alpha value is -3.54. The summed E-state index contributed by atoms with van der Waals surface area (Å²) in [6.45, 7) is 13.4. The Kier molecular flexibility index (Phi) is 9.16. The van der Waals surface area contributed by atoms with Gasteiger partial charge in [0.05, 0.1) is 32.4 Å². The molecular formula is C33H42N2O4. The van der Waals surface area contributed by atoms with Crippen LogP contribution >= 0.6 is 0 Å². The Labute approximate surface area is 233 Å². The molecule has 2 heterocycles. The third-order valence-electron chi connectivity index (χ3n) is 7.68. The van der Waals surface area contributed by atoms with Crippen molar-refractivity contribution in [3.63, 3.8) is 0 Å². The number of piperidine rings is 1. The highest BCUT2D eigenvalue weighted by Gasteiger charge is 2.30. The van der Waals surface area contributed by atoms with Crippen LogP contribution in [0, 0.1) is 19.3 Å². The van der Waals surface area contributed by atoms with Crippen molar-refractivity contribution in [2.24, 2.45) is 5.41 Å². The number of aromatic nitrogens is 1. The van der Waals surface area contributed by atoms with Crippen molar-refractivity contribution in [1.82, 2.24) is 4.98 Å². The van der Waals surface area contributed by atoms with Gasteiger partial charge in [-0.05, 0) is 74.4 Å². The predicted molar refractivity (Wildman–Crippen MR) is 157 cm³/mol. The Morgan fingerprint density at radius 1 is 0.949 bits per heavy atom. The highest BCUT2D eigenvalue weighted by molar-refractivity contribution is 5.86. The number of aryl methyl sites for hydroxylation is 2. The Morgan fingerprint density at radius 2 is 1.59 bits per heavy atom. The van der Waals surface area contributed by atoms with Gasteiger partial charge in [-0.15, -0.1) is 0 Å². The predicted octanol–water partition coefficient (Wildman–Crippen LogP) is 6.73. The maximum atomic E-state index is 12.6. The molecule has 1 aliphatic heterocycles. The quantitative estimate of drug-likeness (QED) is 0.271. The first kappa shape index (κ1) is 28.5. The highest BCUT2D eigenvalue weighted by atomic mass is 16.5. The van der Waals surface area contributed by atoms with Gasteiger partial charge in [0, 0.05) is 42.0 Å². The van der Waals surface area contributed by atoms with Crippen molar-refractivity contribution in [2.45, 2.75) is 60.3 Å². The average molecular weight is 531 g/mol. The average Bonchev–Trinajstić information content (AvgIpc) is 2.91. The van der Waals surface area contributed by atoms with Crippen LogP contribution in [0.25, 0.3) is 11.1 Å². The molecule has 1 aromatic heterocycles. The number of hydrogen-bond acceptors (Lipinski definition) is 6. The van der Waals surface area contributed by atoms with Gasteiger partial charge < -0.3 is 19.1 Å². The molecule has 0 unspecified atom stereocenters. The zero-order valence-corrected chi connectivity index (χ0v) is 24.3. The molecule has 208 valence electrons. The van der Waals surface area contributed by atoms with Crippen molar-refractivity contribution in [3.05, 3.63) is 71.0 Å². The number of carbonyl (C=O) groups excluding carboxylic acids is 1. The summed E-state index contributed by atoms with van der Waals surface area (Å²) in [5.74, 6) is 1.48. The molecule has 0 atom stereocenters. The summed E-state index contributed by atoms with van der Waals surface area (Å²) in [7, 11) is 1.67. The molecule has 4 rings (SSSR count). The van der Waals surface area contributed by atoms with E-state index in [0.29, 0.717) is 18.6 Å². The van der Waals surface area contributed by atoms with Crippen molar-refractivity contribution in [1.29, 1.82) is 0 Å². The van der Waals surface area contributed by atoms with Gasteiger partial charge in [-0.25, -0.2) is 0 Å². The molecule has 0 aliphatic carbocycles. The van der Waals surface area contributed by atoms with Crippen LogP contribution in [0.4, 0.5) is 5.69 Å². The van der Waals surface area contributed by atoms with Crippen molar-refractivity contribution in [2.75, 3.05) is 38.3 Å². The second-order valence-electron chi connectivity index (χ2n) is 11.1. The molecule has 0 N–H and O–H groups in total. The molecular weight excluding hydrogens is 488 g/mol. The van der Waals surface area contributed by atoms with Crippen LogP contribution in [0.5, 0.6) is 11.5 Å². The van der Waals surface area contributed by atoms with Gasteiger partial charge in [0.25, 0.3) is 0 Å². The fourth-order valence-electron chi connectivity index (χ4n) is 5.26. The lowest BCUT2D eigenvalue weighted by Gasteiger charge is -2.40. The van der Waals surface area contributed by atoms with Crippen LogP contribution in [-0.2, 0) is 22.4 Å². The first-order valence-electron chi connectivity index (χ1n) is 14.0. The van der Waals surface area contributed by atoms with Gasteiger partial charge in [-0.3, -0.25) is 9.78 Å². The van der Waals surface area contributed by atoms with E-state index in [9.17, 15) is 4.79 Å². The van der Waals surface area contributed by atoms with E-state index in [1.54, 1.807) is 7.11 Å². The number of benzene rings is 2. The number of rotatable bonds is 10. The van der Waals surface area contributed by atoms with E-state index in [4.69, 9.17) is 19.2 Å². The second kappa shape index (κ2) is 12.5. The van der Waals surface area contributed by atoms with Crippen LogP contribution in [0.15, 0.2) is 48.5 Å². The van der Waals surface area contributed by atoms with E-state index in [2.05, 4.69) is 49.9 Å². The van der Waals surface area contributed by atoms with Gasteiger partial charge in [-0.1, -0.05) is 38.1 Å². The Bertz CT molecular complexity index is 1260. The monoisotopic (exact) mass is 530 g/mol. The number of carbonyl (C=O) groups is 1. The maximum Gasteiger partial charge on any atom is 0.310 e. The lowest BCUT2D eigenvalue weighted by atomic mass is 9.82. The molecule has 0 radical (unpaired) electrons. The molecule has 2 aromatic carbocycles. The van der Waals surface area contributed by atoms with Gasteiger partial charge in [0.1, 0.15) is 11.5 Å². The molecule has 0 amide bonds. The molecule has 3 aromatic rings. The van der Waals surface area contributed by atoms with Gasteiger partial charge in [-0.2, -0.15) is 0 Å². The topological polar surface area (TPSA) is 60.9 Å². The summed E-state index contributed by atoms with van der Waals surface area (Å²) in [5, 5.41) is 0. The summed E-state index contributed by atoms with van der Waals surface area (Å²) in [5.41, 5.74) is 7.63. The molecule has 1 saturated heterocycles. The second-order valence-corrected chi connectivity index (χ2v) is 11.1. The number of anilines is 1. The van der Waals surface area contributed by atoms with E-state index in [0.717, 1.165) is 77.6 Å². The van der Waals surface area contributed by atoms with E-state index < -0.39 is 0 Å². The van der Waals surface area contributed by atoms with Crippen molar-refractivity contribution >= 4 is 11.7 Å². The molecule has 1 fully saturated rings. The lowest BCUT2D eigenvalue weighted by molar-refractivity contribution is -0.142. The summed E-state index contributed by atoms with van der Waals surface area (Å²) >= 11 is 0. The normalized spacial score (nSPS) is 14.7. The molecule has 0 bridgehead atoms. The minimum atomic E-state index is -0.212. The van der Waals surface area contributed by atoms with Crippen LogP contribution in [-0.4, -0.2) is 44.4 Å². The number of ether oxygens (including phenoxy) is 3. The molecule has 0 spiro atoms. The van der Waals surface area contributed by atoms with E-state index >= 15 is 0 Å². The SMILES string of the molecule is CCOC(=O)Cc1c(C)nc(C)c(-c2ccc(OCCc3ccc(OC)cc3)cc2)c1N1CCC(C)(C)CC1. The van der Waals surface area contributed by atoms with E-state index in [1.165, 1.54) is 5.56 Å². The number of methoxy groups -OCH3 is 1. The number of pyridine rings is 1. The summed E-state index contributed by atoms with van der Waals surface area (Å²) < 4.78 is 16.6. The first-order valence-corrected chi connectivity index (χ1v) is 14.0. The Balaban J connectivity index is 1.60. The van der Waals surface area contributed by atoms with Gasteiger partial charge in [0.2, 0.25) is 0 Å². The van der Waals surface area contributed by atoms with Crippen LogP contribution in [0.3, 0.4) is 0 Å². The molecule has 6 nitrogen and oxygen atoms in total. The van der Waals surface area contributed by atoms with Crippen LogP contribution in [0.1, 0.15) is 56.1 Å². The fraction of sp³-hybridized carbons (Fsp3) is 0.455. The van der Waals surface area contributed by atoms with Gasteiger partial charge in [0.15, 0.2) is 0 Å². The minimum Gasteiger partial charge on any atom is -0.497 e. The summed E-state index contributed by atoms with van der Waals surface area (Å²) in [6.07, 6.45) is 3.25. The zero-order chi connectivity index (χ0) is 28.0. The first-order chi connectivity index (χ1) is 18.7. The minimum absolute atomic E-state index is 0.212. The smallest absolute Gasteiger partial charge is 0.310 e. The maximum absolute atomic E-state index is 12.6. The highest BCUT2D eigenvalue weighted by Crippen LogP contribution is 2.41. The third kappa shape index (κ3) is 7.11. The fourth-order valence-corrected chi connectivity index (χ4v) is 5.26. The van der Waals surface area contributed by atoms with Crippen LogP contribution in [0.2, 0.25) is 0 Å². The third-order valence-corrected chi connectivity index (χ3v) is 7.68. The summed E-state index contributed by atoms with van der Waals surface area (Å²) in [4.78, 5) is 20.0. The lowest BCUT2D eigenvalue weighted by Crippen LogP contribution is -2.38. The number of nitrogens with zero attached hydrogens (tertiary/aromatic N) is 2. The number of hydrogen-bond donors (Lipinski definition) is 0. The summed E-state index contributed by atoms with van der Waals surface area (Å²) in [6, 6.07) is 16.3. The Morgan fingerprint density at radius 3 is 2.21 bits per heavy atom. The molecule has 6 heteroatoms. The van der Waals surface area contributed by atoms with Crippen LogP contribution < -0.4 is 14.4 Å². The van der Waals surface area contributed by atoms with Gasteiger partial charge >= 0.3 is 5.97 Å². The standard InChI is InChI=1S/C33H42N2O4/c1-7-38-30(36)22-29-23(2)34-24(3)31(32(29)35-19-17-33(4,5)18-20-35)26-10-14-28(15-11-26)39-21-16-25-8-12-27(37-6)13-9-25/h8-15H,7,16-22H2,1-6H3. The van der Waals surface area contributed by atoms with E-state index in [-0.39, 0.29) is 12.4 Å². The molecule has 1 aliphatic rings. The molecule has 39 heavy (non-hydrogen) atoms. The number of esters is 1. The van der Waals surface area contributed by atoms with Crippen molar-refractivity contribution in [3.8, 4) is 22.6 Å². The van der Waals surface area contributed by atoms with E-state index in [1.807, 2.05) is 38.1 Å². The van der Waals surface area contributed by atoms with Crippen molar-refractivity contribution < 1.29 is 19.0 Å². The largest absolute Gasteiger partial charge is 0.497 e. The molecule has 0 saturated carbocycles.